The molecule has 0 aromatic heterocycles. The Bertz CT molecular complexity index is 924. The number of fused-ring (bicyclic) bond motifs is 3. The summed E-state index contributed by atoms with van der Waals surface area (Å²) in [5.74, 6) is 0. The van der Waals surface area contributed by atoms with Crippen molar-refractivity contribution in [2.75, 3.05) is 26.2 Å². The van der Waals surface area contributed by atoms with Crippen LogP contribution in [0.2, 0.25) is 0 Å². The van der Waals surface area contributed by atoms with Gasteiger partial charge in [0.25, 0.3) is 0 Å². The molecule has 0 saturated carbocycles. The van der Waals surface area contributed by atoms with Crippen LogP contribution in [0.1, 0.15) is 18.0 Å². The van der Waals surface area contributed by atoms with E-state index in [1.165, 1.54) is 0 Å². The minimum atomic E-state index is -4.21. The predicted octanol–water partition coefficient (Wildman–Crippen LogP) is 5.74. The minimum Gasteiger partial charge on any atom is -0.314 e. The first-order valence-corrected chi connectivity index (χ1v) is 8.95. The van der Waals surface area contributed by atoms with Crippen LogP contribution in [0.4, 0.5) is 13.2 Å². The Balaban J connectivity index is 0.00000140. The number of nitrogens with one attached hydrogen (secondary N) is 1. The maximum Gasteiger partial charge on any atom is 0.390 e. The van der Waals surface area contributed by atoms with Gasteiger partial charge in [-0.1, -0.05) is 48.5 Å². The Hall–Kier alpha value is -1.53. The van der Waals surface area contributed by atoms with Gasteiger partial charge in [0.2, 0.25) is 0 Å². The lowest BCUT2D eigenvalue weighted by Crippen LogP contribution is -2.46. The lowest BCUT2D eigenvalue weighted by Gasteiger charge is -2.36. The van der Waals surface area contributed by atoms with E-state index in [1.807, 2.05) is 59.5 Å². The number of hydrogen-bond donors (Lipinski definition) is 1. The molecule has 2 nitrogen and oxygen atoms in total. The van der Waals surface area contributed by atoms with Gasteiger partial charge in [0.05, 0.1) is 6.42 Å². The fourth-order valence-corrected chi connectivity index (χ4v) is 4.01. The smallest absolute Gasteiger partial charge is 0.314 e. The molecule has 1 aliphatic heterocycles. The number of nitrogens with zero attached hydrogens (tertiary/aromatic N) is 1. The van der Waals surface area contributed by atoms with E-state index < -0.39 is 18.6 Å². The molecular formula is C21H23Cl2F3N2. The van der Waals surface area contributed by atoms with Gasteiger partial charge in [-0.25, -0.2) is 0 Å². The maximum atomic E-state index is 13.4. The standard InChI is InChI=1S/C21H21F3N2.2ClH/c22-21(23,24)14-20(26-11-9-25-10-12-26)19-13-15-5-1-2-6-16(15)17-7-3-4-8-18(17)19;;/h1-8,13,20,25H,9-12,14H2;2*1H/t20-;;/m0../s1. The van der Waals surface area contributed by atoms with E-state index in [9.17, 15) is 13.2 Å². The van der Waals surface area contributed by atoms with Crippen molar-refractivity contribution in [2.24, 2.45) is 0 Å². The Morgan fingerprint density at radius 2 is 1.43 bits per heavy atom. The SMILES string of the molecule is Cl.Cl.FC(F)(F)C[C@@H](c1cc2ccccc2c2ccccc12)N1CCNCC1. The molecule has 1 aliphatic rings. The van der Waals surface area contributed by atoms with Crippen molar-refractivity contribution in [3.63, 3.8) is 0 Å². The van der Waals surface area contributed by atoms with Gasteiger partial charge < -0.3 is 5.32 Å². The van der Waals surface area contributed by atoms with Gasteiger partial charge >= 0.3 is 6.18 Å². The van der Waals surface area contributed by atoms with E-state index in [2.05, 4.69) is 5.32 Å². The zero-order valence-electron chi connectivity index (χ0n) is 15.2. The third-order valence-corrected chi connectivity index (χ3v) is 5.18. The van der Waals surface area contributed by atoms with Gasteiger partial charge in [-0.2, -0.15) is 13.2 Å². The number of alkyl halides is 3. The molecule has 28 heavy (non-hydrogen) atoms. The molecule has 0 unspecified atom stereocenters. The molecular weight excluding hydrogens is 408 g/mol. The van der Waals surface area contributed by atoms with E-state index in [-0.39, 0.29) is 24.8 Å². The van der Waals surface area contributed by atoms with Crippen LogP contribution in [-0.4, -0.2) is 37.3 Å². The Morgan fingerprint density at radius 3 is 2.07 bits per heavy atom. The summed E-state index contributed by atoms with van der Waals surface area (Å²) in [6.45, 7) is 2.70. The number of hydrogen-bond acceptors (Lipinski definition) is 2. The molecule has 0 bridgehead atoms. The molecule has 152 valence electrons. The number of benzene rings is 3. The molecule has 0 amide bonds. The summed E-state index contributed by atoms with van der Waals surface area (Å²) in [4.78, 5) is 1.97. The summed E-state index contributed by atoms with van der Waals surface area (Å²) in [5.41, 5.74) is 0.776. The highest BCUT2D eigenvalue weighted by Crippen LogP contribution is 2.39. The van der Waals surface area contributed by atoms with Gasteiger partial charge in [-0.15, -0.1) is 24.8 Å². The van der Waals surface area contributed by atoms with Gasteiger partial charge in [0.15, 0.2) is 0 Å². The molecule has 1 fully saturated rings. The van der Waals surface area contributed by atoms with Crippen LogP contribution in [-0.2, 0) is 0 Å². The van der Waals surface area contributed by atoms with Crippen molar-refractivity contribution in [1.29, 1.82) is 0 Å². The van der Waals surface area contributed by atoms with Gasteiger partial charge in [0, 0.05) is 32.2 Å². The van der Waals surface area contributed by atoms with Crippen molar-refractivity contribution in [3.8, 4) is 0 Å². The molecule has 0 radical (unpaired) electrons. The van der Waals surface area contributed by atoms with E-state index in [1.54, 1.807) is 0 Å². The second kappa shape index (κ2) is 9.31. The fourth-order valence-electron chi connectivity index (χ4n) is 4.01. The summed E-state index contributed by atoms with van der Waals surface area (Å²) in [6.07, 6.45) is -5.03. The van der Waals surface area contributed by atoms with Crippen LogP contribution in [0.15, 0.2) is 54.6 Å². The number of rotatable bonds is 3. The van der Waals surface area contributed by atoms with Crippen LogP contribution in [0.3, 0.4) is 0 Å². The van der Waals surface area contributed by atoms with Crippen molar-refractivity contribution in [3.05, 3.63) is 60.2 Å². The zero-order valence-corrected chi connectivity index (χ0v) is 16.8. The lowest BCUT2D eigenvalue weighted by molar-refractivity contribution is -0.148. The molecule has 0 aliphatic carbocycles. The Kier molecular flexibility index (Phi) is 7.57. The average molecular weight is 431 g/mol. The molecule has 1 atom stereocenters. The van der Waals surface area contributed by atoms with Gasteiger partial charge in [-0.05, 0) is 33.2 Å². The van der Waals surface area contributed by atoms with Crippen LogP contribution in [0.25, 0.3) is 21.5 Å². The molecule has 3 aromatic rings. The third kappa shape index (κ3) is 4.71. The molecule has 4 rings (SSSR count). The largest absolute Gasteiger partial charge is 0.390 e. The molecule has 0 spiro atoms. The van der Waals surface area contributed by atoms with E-state index in [4.69, 9.17) is 0 Å². The van der Waals surface area contributed by atoms with Crippen molar-refractivity contribution < 1.29 is 13.2 Å². The van der Waals surface area contributed by atoms with E-state index in [0.29, 0.717) is 13.1 Å². The third-order valence-electron chi connectivity index (χ3n) is 5.18. The number of piperazine rings is 1. The monoisotopic (exact) mass is 430 g/mol. The molecule has 1 heterocycles. The minimum absolute atomic E-state index is 0. The Morgan fingerprint density at radius 1 is 0.857 bits per heavy atom. The summed E-state index contributed by atoms with van der Waals surface area (Å²) in [6, 6.07) is 17.0. The fraction of sp³-hybridized carbons (Fsp3) is 0.333. The average Bonchev–Trinajstić information content (AvgIpc) is 2.66. The van der Waals surface area contributed by atoms with Crippen LogP contribution in [0.5, 0.6) is 0 Å². The summed E-state index contributed by atoms with van der Waals surface area (Å²) >= 11 is 0. The topological polar surface area (TPSA) is 15.3 Å². The molecule has 7 heteroatoms. The normalized spacial score (nSPS) is 16.4. The molecule has 3 aromatic carbocycles. The second-order valence-electron chi connectivity index (χ2n) is 6.85. The van der Waals surface area contributed by atoms with E-state index in [0.717, 1.165) is 40.2 Å². The zero-order chi connectivity index (χ0) is 18.1. The predicted molar refractivity (Wildman–Crippen MR) is 114 cm³/mol. The van der Waals surface area contributed by atoms with Crippen molar-refractivity contribution in [1.82, 2.24) is 10.2 Å². The van der Waals surface area contributed by atoms with E-state index >= 15 is 0 Å². The highest BCUT2D eigenvalue weighted by atomic mass is 35.5. The first-order chi connectivity index (χ1) is 12.5. The lowest BCUT2D eigenvalue weighted by atomic mass is 9.91. The first kappa shape index (κ1) is 22.8. The molecule has 1 saturated heterocycles. The quantitative estimate of drug-likeness (QED) is 0.533. The van der Waals surface area contributed by atoms with Crippen LogP contribution in [0, 0.1) is 0 Å². The highest BCUT2D eigenvalue weighted by Gasteiger charge is 2.36. The Labute approximate surface area is 174 Å². The summed E-state index contributed by atoms with van der Waals surface area (Å²) in [5, 5.41) is 7.23. The second-order valence-corrected chi connectivity index (χ2v) is 6.85. The highest BCUT2D eigenvalue weighted by molar-refractivity contribution is 6.09. The van der Waals surface area contributed by atoms with Gasteiger partial charge in [0.1, 0.15) is 0 Å². The van der Waals surface area contributed by atoms with Crippen LogP contribution >= 0.6 is 24.8 Å². The molecule has 1 N–H and O–H groups in total. The van der Waals surface area contributed by atoms with Crippen molar-refractivity contribution in [2.45, 2.75) is 18.6 Å². The first-order valence-electron chi connectivity index (χ1n) is 8.95. The van der Waals surface area contributed by atoms with Gasteiger partial charge in [-0.3, -0.25) is 4.90 Å². The summed E-state index contributed by atoms with van der Waals surface area (Å²) in [7, 11) is 0. The maximum absolute atomic E-state index is 13.4. The van der Waals surface area contributed by atoms with Crippen LogP contribution < -0.4 is 5.32 Å². The van der Waals surface area contributed by atoms with Crippen molar-refractivity contribution >= 4 is 46.4 Å². The number of halogens is 5. The summed E-state index contributed by atoms with van der Waals surface area (Å²) < 4.78 is 40.3.